The third-order valence-corrected chi connectivity index (χ3v) is 5.83. The SMILES string of the molecule is Cc1cc2cc(C(=O)N(Cc3ccc(C(F)(F)F)cn3)C(C)C3CC3)ccc2nc1N. The average Bonchev–Trinajstić information content (AvgIpc) is 3.57. The summed E-state index contributed by atoms with van der Waals surface area (Å²) in [6.07, 6.45) is -1.56. The Bertz CT molecular complexity index is 1120. The Morgan fingerprint density at radius 1 is 1.23 bits per heavy atom. The van der Waals surface area contributed by atoms with Crippen LogP contribution in [-0.2, 0) is 12.7 Å². The van der Waals surface area contributed by atoms with Crippen molar-refractivity contribution in [1.29, 1.82) is 0 Å². The number of hydrogen-bond donors (Lipinski definition) is 1. The minimum atomic E-state index is -4.44. The first-order valence-electron chi connectivity index (χ1n) is 10.1. The van der Waals surface area contributed by atoms with Crippen LogP contribution >= 0.6 is 0 Å². The van der Waals surface area contributed by atoms with E-state index in [1.54, 1.807) is 23.1 Å². The highest BCUT2D eigenvalue weighted by Gasteiger charge is 2.35. The molecule has 5 nitrogen and oxygen atoms in total. The molecule has 2 heterocycles. The number of aromatic nitrogens is 2. The smallest absolute Gasteiger partial charge is 0.383 e. The number of nitrogens with zero attached hydrogens (tertiary/aromatic N) is 3. The first-order chi connectivity index (χ1) is 14.6. The molecule has 8 heteroatoms. The lowest BCUT2D eigenvalue weighted by molar-refractivity contribution is -0.137. The summed E-state index contributed by atoms with van der Waals surface area (Å²) < 4.78 is 38.5. The number of aryl methyl sites for hydroxylation is 1. The summed E-state index contributed by atoms with van der Waals surface area (Å²) in [6.45, 7) is 3.98. The second kappa shape index (κ2) is 7.83. The molecule has 162 valence electrons. The van der Waals surface area contributed by atoms with Crippen molar-refractivity contribution in [1.82, 2.24) is 14.9 Å². The van der Waals surface area contributed by atoms with Gasteiger partial charge in [-0.3, -0.25) is 9.78 Å². The molecule has 1 atom stereocenters. The summed E-state index contributed by atoms with van der Waals surface area (Å²) >= 11 is 0. The fraction of sp³-hybridized carbons (Fsp3) is 0.348. The van der Waals surface area contributed by atoms with Crippen molar-refractivity contribution in [2.45, 2.75) is 45.5 Å². The van der Waals surface area contributed by atoms with Crippen molar-refractivity contribution in [2.75, 3.05) is 5.73 Å². The molecule has 3 aromatic rings. The quantitative estimate of drug-likeness (QED) is 0.622. The maximum Gasteiger partial charge on any atom is 0.417 e. The molecule has 0 radical (unpaired) electrons. The molecule has 1 fully saturated rings. The third-order valence-electron chi connectivity index (χ3n) is 5.83. The molecule has 1 amide bonds. The second-order valence-corrected chi connectivity index (χ2v) is 8.15. The molecule has 1 saturated carbocycles. The number of hydrogen-bond acceptors (Lipinski definition) is 4. The number of rotatable bonds is 5. The predicted octanol–water partition coefficient (Wildman–Crippen LogP) is 4.98. The van der Waals surface area contributed by atoms with Crippen LogP contribution in [0.1, 0.15) is 46.9 Å². The number of benzene rings is 1. The minimum Gasteiger partial charge on any atom is -0.383 e. The van der Waals surface area contributed by atoms with Gasteiger partial charge in [-0.2, -0.15) is 13.2 Å². The van der Waals surface area contributed by atoms with Gasteiger partial charge in [0.1, 0.15) is 5.82 Å². The molecule has 1 aliphatic carbocycles. The molecular formula is C23H23F3N4O. The van der Waals surface area contributed by atoms with E-state index < -0.39 is 11.7 Å². The lowest BCUT2D eigenvalue weighted by Crippen LogP contribution is -2.39. The van der Waals surface area contributed by atoms with Gasteiger partial charge in [0.05, 0.1) is 23.3 Å². The Balaban J connectivity index is 1.63. The highest BCUT2D eigenvalue weighted by Crippen LogP contribution is 2.36. The Labute approximate surface area is 178 Å². The third kappa shape index (κ3) is 4.47. The first-order valence-corrected chi connectivity index (χ1v) is 10.1. The fourth-order valence-electron chi connectivity index (χ4n) is 3.69. The van der Waals surface area contributed by atoms with Gasteiger partial charge in [-0.05, 0) is 74.6 Å². The van der Waals surface area contributed by atoms with Crippen molar-refractivity contribution in [3.05, 3.63) is 65.0 Å². The maximum absolute atomic E-state index is 13.4. The number of pyridine rings is 2. The number of amides is 1. The van der Waals surface area contributed by atoms with Crippen LogP contribution in [0, 0.1) is 12.8 Å². The molecule has 2 aromatic heterocycles. The monoisotopic (exact) mass is 428 g/mol. The van der Waals surface area contributed by atoms with Crippen LogP contribution in [0.5, 0.6) is 0 Å². The zero-order valence-corrected chi connectivity index (χ0v) is 17.3. The molecule has 0 spiro atoms. The lowest BCUT2D eigenvalue weighted by atomic mass is 10.1. The van der Waals surface area contributed by atoms with Crippen LogP contribution in [0.3, 0.4) is 0 Å². The van der Waals surface area contributed by atoms with Crippen LogP contribution in [0.25, 0.3) is 10.9 Å². The molecule has 0 bridgehead atoms. The summed E-state index contributed by atoms with van der Waals surface area (Å²) in [5.41, 5.74) is 7.51. The van der Waals surface area contributed by atoms with E-state index in [0.29, 0.717) is 28.5 Å². The lowest BCUT2D eigenvalue weighted by Gasteiger charge is -2.29. The van der Waals surface area contributed by atoms with Gasteiger partial charge in [0, 0.05) is 23.2 Å². The number of halogens is 3. The molecule has 2 N–H and O–H groups in total. The van der Waals surface area contributed by atoms with Gasteiger partial charge < -0.3 is 10.6 Å². The highest BCUT2D eigenvalue weighted by atomic mass is 19.4. The number of fused-ring (bicyclic) bond motifs is 1. The topological polar surface area (TPSA) is 72.1 Å². The van der Waals surface area contributed by atoms with Gasteiger partial charge >= 0.3 is 6.18 Å². The largest absolute Gasteiger partial charge is 0.417 e. The molecule has 1 aliphatic rings. The summed E-state index contributed by atoms with van der Waals surface area (Å²) in [6, 6.07) is 9.43. The highest BCUT2D eigenvalue weighted by molar-refractivity contribution is 5.98. The molecule has 4 rings (SSSR count). The van der Waals surface area contributed by atoms with E-state index in [1.807, 2.05) is 19.9 Å². The normalized spacial score (nSPS) is 15.1. The van der Waals surface area contributed by atoms with E-state index in [-0.39, 0.29) is 18.5 Å². The van der Waals surface area contributed by atoms with Gasteiger partial charge in [0.25, 0.3) is 5.91 Å². The number of nitrogens with two attached hydrogens (primary N) is 1. The number of nitrogen functional groups attached to an aromatic ring is 1. The van der Waals surface area contributed by atoms with Gasteiger partial charge in [-0.1, -0.05) is 0 Å². The fourth-order valence-corrected chi connectivity index (χ4v) is 3.69. The van der Waals surface area contributed by atoms with Crippen LogP contribution in [-0.4, -0.2) is 26.8 Å². The summed E-state index contributed by atoms with van der Waals surface area (Å²) in [5.74, 6) is 0.656. The van der Waals surface area contributed by atoms with Gasteiger partial charge in [0.15, 0.2) is 0 Å². The van der Waals surface area contributed by atoms with E-state index in [4.69, 9.17) is 5.73 Å². The van der Waals surface area contributed by atoms with Gasteiger partial charge in [-0.15, -0.1) is 0 Å². The molecule has 31 heavy (non-hydrogen) atoms. The van der Waals surface area contributed by atoms with Gasteiger partial charge in [-0.25, -0.2) is 4.98 Å². The van der Waals surface area contributed by atoms with E-state index in [9.17, 15) is 18.0 Å². The number of carbonyl (C=O) groups excluding carboxylic acids is 1. The molecular weight excluding hydrogens is 405 g/mol. The zero-order valence-electron chi connectivity index (χ0n) is 17.3. The Hall–Kier alpha value is -3.16. The number of alkyl halides is 3. The van der Waals surface area contributed by atoms with Crippen LogP contribution in [0.15, 0.2) is 42.6 Å². The van der Waals surface area contributed by atoms with Crippen LogP contribution in [0.4, 0.5) is 19.0 Å². The van der Waals surface area contributed by atoms with Crippen LogP contribution in [0.2, 0.25) is 0 Å². The minimum absolute atomic E-state index is 0.0430. The zero-order chi connectivity index (χ0) is 22.3. The van der Waals surface area contributed by atoms with Crippen molar-refractivity contribution < 1.29 is 18.0 Å². The Kier molecular flexibility index (Phi) is 5.33. The summed E-state index contributed by atoms with van der Waals surface area (Å²) in [4.78, 5) is 23.4. The van der Waals surface area contributed by atoms with Crippen molar-refractivity contribution in [2.24, 2.45) is 5.92 Å². The standard InChI is InChI=1S/C23H23F3N4O/c1-13-9-17-10-16(5-8-20(17)29-21(13)27)22(31)30(14(2)15-3-4-15)12-19-7-6-18(11-28-19)23(24,25)26/h5-11,14-15H,3-4,12H2,1-2H3,(H2,27,29). The number of carbonyl (C=O) groups is 1. The second-order valence-electron chi connectivity index (χ2n) is 8.15. The van der Waals surface area contributed by atoms with Crippen molar-refractivity contribution in [3.8, 4) is 0 Å². The summed E-state index contributed by atoms with van der Waals surface area (Å²) in [7, 11) is 0. The molecule has 1 unspecified atom stereocenters. The van der Waals surface area contributed by atoms with E-state index in [0.717, 1.165) is 36.1 Å². The Morgan fingerprint density at radius 3 is 2.58 bits per heavy atom. The van der Waals surface area contributed by atoms with Crippen molar-refractivity contribution in [3.63, 3.8) is 0 Å². The summed E-state index contributed by atoms with van der Waals surface area (Å²) in [5, 5.41) is 0.809. The van der Waals surface area contributed by atoms with E-state index in [1.165, 1.54) is 6.07 Å². The maximum atomic E-state index is 13.4. The Morgan fingerprint density at radius 2 is 1.97 bits per heavy atom. The van der Waals surface area contributed by atoms with Crippen LogP contribution < -0.4 is 5.73 Å². The first kappa shape index (κ1) is 21.1. The molecule has 0 saturated heterocycles. The molecule has 0 aliphatic heterocycles. The predicted molar refractivity (Wildman–Crippen MR) is 112 cm³/mol. The average molecular weight is 428 g/mol. The van der Waals surface area contributed by atoms with Gasteiger partial charge in [0.2, 0.25) is 0 Å². The number of anilines is 1. The van der Waals surface area contributed by atoms with E-state index in [2.05, 4.69) is 9.97 Å². The van der Waals surface area contributed by atoms with E-state index >= 15 is 0 Å². The van der Waals surface area contributed by atoms with Crippen molar-refractivity contribution >= 4 is 22.6 Å². The molecule has 1 aromatic carbocycles.